The van der Waals surface area contributed by atoms with Crippen LogP contribution in [0.5, 0.6) is 0 Å². The molecule has 0 saturated heterocycles. The number of hydrogen-bond acceptors (Lipinski definition) is 1. The Bertz CT molecular complexity index is 252. The molecule has 0 heterocycles. The molecular formula is C11H16O. The van der Waals surface area contributed by atoms with Crippen LogP contribution in [0.3, 0.4) is 0 Å². The smallest absolute Gasteiger partial charge is 0.123 e. The van der Waals surface area contributed by atoms with E-state index in [2.05, 4.69) is 32.9 Å². The molecule has 66 valence electrons. The molecule has 0 spiro atoms. The van der Waals surface area contributed by atoms with Gasteiger partial charge in [0, 0.05) is 11.3 Å². The summed E-state index contributed by atoms with van der Waals surface area (Å²) in [6.45, 7) is 6.78. The van der Waals surface area contributed by atoms with Crippen LogP contribution >= 0.6 is 0 Å². The van der Waals surface area contributed by atoms with E-state index in [1.807, 2.05) is 0 Å². The minimum absolute atomic E-state index is 0.124. The molecule has 1 fully saturated rings. The molecule has 0 aromatic rings. The molecule has 3 atom stereocenters. The molecule has 12 heavy (non-hydrogen) atoms. The molecule has 0 amide bonds. The van der Waals surface area contributed by atoms with E-state index in [0.29, 0.717) is 11.3 Å². The van der Waals surface area contributed by atoms with Crippen molar-refractivity contribution in [2.24, 2.45) is 22.7 Å². The van der Waals surface area contributed by atoms with Crippen molar-refractivity contribution in [3.63, 3.8) is 0 Å². The van der Waals surface area contributed by atoms with Gasteiger partial charge < -0.3 is 4.79 Å². The van der Waals surface area contributed by atoms with Gasteiger partial charge in [-0.1, -0.05) is 32.9 Å². The van der Waals surface area contributed by atoms with Gasteiger partial charge in [0.25, 0.3) is 0 Å². The van der Waals surface area contributed by atoms with Gasteiger partial charge in [-0.2, -0.15) is 0 Å². The van der Waals surface area contributed by atoms with Crippen molar-refractivity contribution in [3.8, 4) is 0 Å². The van der Waals surface area contributed by atoms with Crippen LogP contribution in [0.4, 0.5) is 0 Å². The van der Waals surface area contributed by atoms with E-state index >= 15 is 0 Å². The van der Waals surface area contributed by atoms with E-state index in [0.717, 1.165) is 12.7 Å². The van der Waals surface area contributed by atoms with Crippen molar-refractivity contribution < 1.29 is 4.79 Å². The lowest BCUT2D eigenvalue weighted by atomic mass is 9.67. The summed E-state index contributed by atoms with van der Waals surface area (Å²) >= 11 is 0. The predicted octanol–water partition coefficient (Wildman–Crippen LogP) is 2.42. The summed E-state index contributed by atoms with van der Waals surface area (Å²) in [6, 6.07) is 0. The molecule has 1 saturated carbocycles. The van der Waals surface area contributed by atoms with Crippen LogP contribution in [-0.4, -0.2) is 6.29 Å². The van der Waals surface area contributed by atoms with E-state index < -0.39 is 0 Å². The summed E-state index contributed by atoms with van der Waals surface area (Å²) in [5.41, 5.74) is 0.415. The summed E-state index contributed by atoms with van der Waals surface area (Å²) in [6.07, 6.45) is 6.75. The number of hydrogen-bond donors (Lipinski definition) is 0. The van der Waals surface area contributed by atoms with Crippen molar-refractivity contribution in [1.82, 2.24) is 0 Å². The average molecular weight is 164 g/mol. The lowest BCUT2D eigenvalue weighted by Crippen LogP contribution is -2.32. The van der Waals surface area contributed by atoms with Gasteiger partial charge in [0.05, 0.1) is 0 Å². The van der Waals surface area contributed by atoms with Gasteiger partial charge in [-0.15, -0.1) is 0 Å². The van der Waals surface area contributed by atoms with Gasteiger partial charge >= 0.3 is 0 Å². The Balaban J connectivity index is 2.45. The molecule has 0 aliphatic heterocycles. The van der Waals surface area contributed by atoms with Crippen LogP contribution < -0.4 is 0 Å². The molecule has 2 rings (SSSR count). The fourth-order valence-corrected chi connectivity index (χ4v) is 2.86. The van der Waals surface area contributed by atoms with E-state index in [9.17, 15) is 4.79 Å². The fourth-order valence-electron chi connectivity index (χ4n) is 2.86. The normalized spacial score (nSPS) is 48.2. The number of carbonyl (C=O) groups is 1. The van der Waals surface area contributed by atoms with Gasteiger partial charge in [-0.3, -0.25) is 0 Å². The minimum atomic E-state index is 0.124. The Morgan fingerprint density at radius 2 is 2.08 bits per heavy atom. The van der Waals surface area contributed by atoms with Gasteiger partial charge in [-0.05, 0) is 17.8 Å². The van der Waals surface area contributed by atoms with E-state index in [-0.39, 0.29) is 11.3 Å². The topological polar surface area (TPSA) is 17.1 Å². The quantitative estimate of drug-likeness (QED) is 0.429. The van der Waals surface area contributed by atoms with Crippen LogP contribution in [0.15, 0.2) is 12.2 Å². The van der Waals surface area contributed by atoms with Crippen LogP contribution in [0.25, 0.3) is 0 Å². The van der Waals surface area contributed by atoms with Gasteiger partial charge in [0.1, 0.15) is 6.29 Å². The van der Waals surface area contributed by atoms with E-state index in [1.54, 1.807) is 0 Å². The Labute approximate surface area is 73.8 Å². The largest absolute Gasteiger partial charge is 0.303 e. The van der Waals surface area contributed by atoms with Gasteiger partial charge in [-0.25, -0.2) is 0 Å². The average Bonchev–Trinajstić information content (AvgIpc) is 2.34. The Hall–Kier alpha value is -0.590. The molecule has 0 aromatic heterocycles. The first-order chi connectivity index (χ1) is 5.52. The fraction of sp³-hybridized carbons (Fsp3) is 0.727. The molecule has 0 N–H and O–H groups in total. The van der Waals surface area contributed by atoms with E-state index in [4.69, 9.17) is 0 Å². The maximum Gasteiger partial charge on any atom is 0.123 e. The standard InChI is InChI=1S/C11H16O/c1-10(2)8-4-5-11(10,3)9(6-8)7-12/h4-5,7-9H,6H2,1-3H3. The van der Waals surface area contributed by atoms with Crippen molar-refractivity contribution in [2.75, 3.05) is 0 Å². The Morgan fingerprint density at radius 3 is 2.33 bits per heavy atom. The molecule has 2 aliphatic rings. The number of allylic oxidation sites excluding steroid dienone is 2. The summed E-state index contributed by atoms with van der Waals surface area (Å²) in [7, 11) is 0. The molecular weight excluding hydrogens is 148 g/mol. The van der Waals surface area contributed by atoms with Gasteiger partial charge in [0.15, 0.2) is 0 Å². The lowest BCUT2D eigenvalue weighted by Gasteiger charge is -2.36. The Morgan fingerprint density at radius 1 is 1.42 bits per heavy atom. The highest BCUT2D eigenvalue weighted by molar-refractivity contribution is 5.59. The molecule has 2 aliphatic carbocycles. The first kappa shape index (κ1) is 8.03. The number of rotatable bonds is 1. The molecule has 1 nitrogen and oxygen atoms in total. The predicted molar refractivity (Wildman–Crippen MR) is 48.7 cm³/mol. The molecule has 0 aromatic carbocycles. The number of carbonyl (C=O) groups excluding carboxylic acids is 1. The first-order valence-corrected chi connectivity index (χ1v) is 4.67. The second-order valence-corrected chi connectivity index (χ2v) is 4.95. The van der Waals surface area contributed by atoms with Crippen LogP contribution in [-0.2, 0) is 4.79 Å². The number of fused-ring (bicyclic) bond motifs is 2. The number of aldehydes is 1. The van der Waals surface area contributed by atoms with E-state index in [1.165, 1.54) is 0 Å². The molecule has 3 unspecified atom stereocenters. The van der Waals surface area contributed by atoms with Gasteiger partial charge in [0.2, 0.25) is 0 Å². The summed E-state index contributed by atoms with van der Waals surface area (Å²) in [4.78, 5) is 10.9. The summed E-state index contributed by atoms with van der Waals surface area (Å²) < 4.78 is 0. The second kappa shape index (κ2) is 2.01. The van der Waals surface area contributed by atoms with Crippen molar-refractivity contribution in [3.05, 3.63) is 12.2 Å². The van der Waals surface area contributed by atoms with Crippen LogP contribution in [0.1, 0.15) is 27.2 Å². The van der Waals surface area contributed by atoms with Crippen molar-refractivity contribution in [2.45, 2.75) is 27.2 Å². The molecule has 2 bridgehead atoms. The highest BCUT2D eigenvalue weighted by Gasteiger charge is 2.58. The maximum atomic E-state index is 10.9. The second-order valence-electron chi connectivity index (χ2n) is 4.95. The lowest BCUT2D eigenvalue weighted by molar-refractivity contribution is -0.113. The summed E-state index contributed by atoms with van der Waals surface area (Å²) in [5, 5.41) is 0. The third-order valence-corrected chi connectivity index (χ3v) is 4.43. The van der Waals surface area contributed by atoms with Crippen molar-refractivity contribution in [1.29, 1.82) is 0 Å². The zero-order valence-corrected chi connectivity index (χ0v) is 8.00. The zero-order valence-electron chi connectivity index (χ0n) is 8.00. The summed E-state index contributed by atoms with van der Waals surface area (Å²) in [5.74, 6) is 0.875. The zero-order chi connectivity index (χ0) is 8.98. The monoisotopic (exact) mass is 164 g/mol. The third-order valence-electron chi connectivity index (χ3n) is 4.43. The molecule has 1 heteroatoms. The molecule has 0 radical (unpaired) electrons. The maximum absolute atomic E-state index is 10.9. The van der Waals surface area contributed by atoms with Crippen LogP contribution in [0.2, 0.25) is 0 Å². The van der Waals surface area contributed by atoms with Crippen LogP contribution in [0, 0.1) is 22.7 Å². The highest BCUT2D eigenvalue weighted by atomic mass is 16.1. The SMILES string of the molecule is CC1(C)C2C=CC1(C)C(C=O)C2. The Kier molecular flexibility index (Phi) is 1.35. The minimum Gasteiger partial charge on any atom is -0.303 e. The highest BCUT2D eigenvalue weighted by Crippen LogP contribution is 2.63. The van der Waals surface area contributed by atoms with Crippen molar-refractivity contribution >= 4 is 6.29 Å². The first-order valence-electron chi connectivity index (χ1n) is 4.67. The third kappa shape index (κ3) is 0.634.